The number of thiocarbonyl (C=S) groups is 2. The van der Waals surface area contributed by atoms with E-state index in [9.17, 15) is 14.7 Å². The molecule has 0 rings (SSSR count). The zero-order chi connectivity index (χ0) is 15.5. The number of hydrogen-bond acceptors (Lipinski definition) is 5. The lowest BCUT2D eigenvalue weighted by atomic mass is 10.2. The Kier molecular flexibility index (Phi) is 9.61. The van der Waals surface area contributed by atoms with E-state index in [1.54, 1.807) is 0 Å². The molecule has 110 valence electrons. The summed E-state index contributed by atoms with van der Waals surface area (Å²) in [5.41, 5.74) is 0. The molecule has 0 aromatic heterocycles. The maximum absolute atomic E-state index is 11.5. The number of aliphatic hydroxyl groups is 1. The summed E-state index contributed by atoms with van der Waals surface area (Å²) >= 11 is 9.16. The molecule has 0 atom stereocenters. The minimum absolute atomic E-state index is 0.0519. The summed E-state index contributed by atoms with van der Waals surface area (Å²) in [7, 11) is 0. The number of amides is 2. The van der Waals surface area contributed by atoms with Crippen LogP contribution in [0.3, 0.4) is 0 Å². The van der Waals surface area contributed by atoms with Gasteiger partial charge in [0.25, 0.3) is 11.8 Å². The van der Waals surface area contributed by atoms with Crippen LogP contribution in [-0.4, -0.2) is 69.7 Å². The van der Waals surface area contributed by atoms with Crippen LogP contribution in [0.15, 0.2) is 25.3 Å². The molecule has 0 aromatic rings. The van der Waals surface area contributed by atoms with Gasteiger partial charge in [-0.1, -0.05) is 36.6 Å². The Morgan fingerprint density at radius 3 is 1.60 bits per heavy atom. The van der Waals surface area contributed by atoms with Crippen molar-refractivity contribution >= 4 is 47.0 Å². The molecule has 5 nitrogen and oxygen atoms in total. The molecule has 0 radical (unpaired) electrons. The highest BCUT2D eigenvalue weighted by atomic mass is 32.1. The highest BCUT2D eigenvalue weighted by Crippen LogP contribution is 1.99. The molecule has 0 heterocycles. The van der Waals surface area contributed by atoms with Gasteiger partial charge in [0, 0.05) is 26.2 Å². The molecular formula is C13H18N2O3S2. The zero-order valence-corrected chi connectivity index (χ0v) is 12.7. The van der Waals surface area contributed by atoms with Crippen molar-refractivity contribution in [3.63, 3.8) is 0 Å². The molecule has 0 aliphatic heterocycles. The SMILES string of the molecule is C=CCN(CC(O)CN(CC=C)C(=O)C=S)C(=O)C=S. The van der Waals surface area contributed by atoms with Gasteiger partial charge in [-0.05, 0) is 0 Å². The van der Waals surface area contributed by atoms with E-state index in [1.165, 1.54) is 22.0 Å². The maximum Gasteiger partial charge on any atom is 0.257 e. The fraction of sp³-hybridized carbons (Fsp3) is 0.385. The number of nitrogens with zero attached hydrogens (tertiary/aromatic N) is 2. The summed E-state index contributed by atoms with van der Waals surface area (Å²) in [6.07, 6.45) is 2.16. The summed E-state index contributed by atoms with van der Waals surface area (Å²) < 4.78 is 0. The van der Waals surface area contributed by atoms with E-state index < -0.39 is 6.10 Å². The van der Waals surface area contributed by atoms with E-state index in [1.807, 2.05) is 0 Å². The van der Waals surface area contributed by atoms with E-state index in [2.05, 4.69) is 37.6 Å². The van der Waals surface area contributed by atoms with Crippen LogP contribution in [-0.2, 0) is 9.59 Å². The predicted octanol–water partition coefficient (Wildman–Crippen LogP) is 0.376. The van der Waals surface area contributed by atoms with Gasteiger partial charge < -0.3 is 14.9 Å². The fourth-order valence-electron chi connectivity index (χ4n) is 1.54. The second kappa shape index (κ2) is 10.4. The standard InChI is InChI=1S/C13H18N2O3S2/c1-3-5-14(12(17)9-19)7-11(16)8-15(6-4-2)13(18)10-20/h3-4,9-11,16H,1-2,5-8H2. The van der Waals surface area contributed by atoms with E-state index in [4.69, 9.17) is 0 Å². The van der Waals surface area contributed by atoms with Gasteiger partial charge in [-0.25, -0.2) is 0 Å². The van der Waals surface area contributed by atoms with Gasteiger partial charge in [0.15, 0.2) is 0 Å². The molecule has 0 spiro atoms. The second-order valence-electron chi connectivity index (χ2n) is 3.95. The summed E-state index contributed by atoms with van der Waals surface area (Å²) in [5, 5.41) is 12.0. The predicted molar refractivity (Wildman–Crippen MR) is 86.9 cm³/mol. The van der Waals surface area contributed by atoms with Crippen LogP contribution in [0.5, 0.6) is 0 Å². The van der Waals surface area contributed by atoms with Crippen LogP contribution in [0.4, 0.5) is 0 Å². The minimum atomic E-state index is -0.910. The normalized spacial score (nSPS) is 9.70. The summed E-state index contributed by atoms with van der Waals surface area (Å²) in [6.45, 7) is 7.72. The molecule has 0 unspecified atom stereocenters. The zero-order valence-electron chi connectivity index (χ0n) is 11.1. The van der Waals surface area contributed by atoms with Gasteiger partial charge in [-0.3, -0.25) is 9.59 Å². The Balaban J connectivity index is 4.65. The first kappa shape index (κ1) is 18.6. The van der Waals surface area contributed by atoms with E-state index in [-0.39, 0.29) is 38.0 Å². The van der Waals surface area contributed by atoms with Crippen molar-refractivity contribution in [2.75, 3.05) is 26.2 Å². The molecule has 0 saturated heterocycles. The van der Waals surface area contributed by atoms with E-state index in [0.717, 1.165) is 10.7 Å². The van der Waals surface area contributed by atoms with Crippen molar-refractivity contribution in [1.29, 1.82) is 0 Å². The number of carbonyl (C=O) groups excluding carboxylic acids is 2. The Labute approximate surface area is 129 Å². The van der Waals surface area contributed by atoms with Gasteiger partial charge in [0.1, 0.15) is 0 Å². The van der Waals surface area contributed by atoms with Crippen molar-refractivity contribution in [2.45, 2.75) is 6.10 Å². The third kappa shape index (κ3) is 6.65. The topological polar surface area (TPSA) is 60.9 Å². The van der Waals surface area contributed by atoms with Gasteiger partial charge in [-0.15, -0.1) is 13.2 Å². The molecule has 1 N–H and O–H groups in total. The van der Waals surface area contributed by atoms with Crippen LogP contribution in [0, 0.1) is 0 Å². The lowest BCUT2D eigenvalue weighted by Gasteiger charge is -2.27. The van der Waals surface area contributed by atoms with Crippen LogP contribution in [0.25, 0.3) is 0 Å². The smallest absolute Gasteiger partial charge is 0.257 e. The number of carbonyl (C=O) groups is 2. The Bertz CT molecular complexity index is 363. The lowest BCUT2D eigenvalue weighted by molar-refractivity contribution is -0.126. The van der Waals surface area contributed by atoms with Crippen molar-refractivity contribution in [2.24, 2.45) is 0 Å². The highest BCUT2D eigenvalue weighted by Gasteiger charge is 2.19. The van der Waals surface area contributed by atoms with Crippen molar-refractivity contribution in [1.82, 2.24) is 9.80 Å². The van der Waals surface area contributed by atoms with Crippen molar-refractivity contribution in [3.05, 3.63) is 25.3 Å². The first-order chi connectivity index (χ1) is 9.49. The molecular weight excluding hydrogens is 296 g/mol. The summed E-state index contributed by atoms with van der Waals surface area (Å²) in [5.74, 6) is -0.759. The third-order valence-electron chi connectivity index (χ3n) is 2.39. The van der Waals surface area contributed by atoms with Crippen LogP contribution in [0.1, 0.15) is 0 Å². The Morgan fingerprint density at radius 2 is 1.35 bits per heavy atom. The van der Waals surface area contributed by atoms with Crippen LogP contribution >= 0.6 is 24.4 Å². The highest BCUT2D eigenvalue weighted by molar-refractivity contribution is 7.80. The largest absolute Gasteiger partial charge is 0.389 e. The summed E-state index contributed by atoms with van der Waals surface area (Å²) in [4.78, 5) is 25.7. The van der Waals surface area contributed by atoms with E-state index >= 15 is 0 Å². The Morgan fingerprint density at radius 1 is 1.00 bits per heavy atom. The maximum atomic E-state index is 11.5. The second-order valence-corrected chi connectivity index (χ2v) is 4.42. The van der Waals surface area contributed by atoms with Crippen LogP contribution in [0.2, 0.25) is 0 Å². The monoisotopic (exact) mass is 314 g/mol. The van der Waals surface area contributed by atoms with Gasteiger partial charge in [0.2, 0.25) is 0 Å². The molecule has 7 heteroatoms. The molecule has 0 fully saturated rings. The minimum Gasteiger partial charge on any atom is -0.389 e. The molecule has 0 saturated carbocycles. The molecule has 0 aromatic carbocycles. The molecule has 0 aliphatic rings. The van der Waals surface area contributed by atoms with Crippen LogP contribution < -0.4 is 0 Å². The summed E-state index contributed by atoms with van der Waals surface area (Å²) in [6, 6.07) is 0. The fourth-order valence-corrected chi connectivity index (χ4v) is 1.83. The molecule has 0 bridgehead atoms. The first-order valence-electron chi connectivity index (χ1n) is 5.88. The van der Waals surface area contributed by atoms with Gasteiger partial charge >= 0.3 is 0 Å². The molecule has 0 aliphatic carbocycles. The number of aliphatic hydroxyl groups excluding tert-OH is 1. The first-order valence-corrected chi connectivity index (χ1v) is 6.82. The average molecular weight is 314 g/mol. The molecule has 20 heavy (non-hydrogen) atoms. The van der Waals surface area contributed by atoms with Crippen molar-refractivity contribution < 1.29 is 14.7 Å². The van der Waals surface area contributed by atoms with Crippen molar-refractivity contribution in [3.8, 4) is 0 Å². The lowest BCUT2D eigenvalue weighted by Crippen LogP contribution is -2.45. The third-order valence-corrected chi connectivity index (χ3v) is 2.79. The Hall–Kier alpha value is -1.44. The quantitative estimate of drug-likeness (QED) is 0.466. The number of hydrogen-bond donors (Lipinski definition) is 1. The molecule has 2 amide bonds. The van der Waals surface area contributed by atoms with E-state index in [0.29, 0.717) is 0 Å². The number of rotatable bonds is 10. The van der Waals surface area contributed by atoms with Gasteiger partial charge in [0.05, 0.1) is 16.8 Å². The van der Waals surface area contributed by atoms with Gasteiger partial charge in [-0.2, -0.15) is 0 Å². The average Bonchev–Trinajstić information content (AvgIpc) is 2.44.